The fourth-order valence-corrected chi connectivity index (χ4v) is 2.06. The van der Waals surface area contributed by atoms with Crippen LogP contribution in [-0.2, 0) is 20.9 Å². The molecule has 0 bridgehead atoms. The van der Waals surface area contributed by atoms with Gasteiger partial charge in [-0.3, -0.25) is 4.79 Å². The number of benzene rings is 1. The molecule has 0 spiro atoms. The highest BCUT2D eigenvalue weighted by atomic mass is 16.5. The minimum Gasteiger partial charge on any atom is -0.445 e. The van der Waals surface area contributed by atoms with Crippen LogP contribution in [0, 0.1) is 0 Å². The second-order valence-electron chi connectivity index (χ2n) is 4.87. The molecule has 0 unspecified atom stereocenters. The van der Waals surface area contributed by atoms with Crippen molar-refractivity contribution in [3.63, 3.8) is 0 Å². The standard InChI is InChI=1S/C15H20N2O4/c1-12(14(18)17-7-9-20-10-8-17)16-15(19)21-11-13-5-3-2-4-6-13/h2-6,12H,7-11H2,1H3,(H,16,19)/t12-/m1/s1. The lowest BCUT2D eigenvalue weighted by Crippen LogP contribution is -2.50. The van der Waals surface area contributed by atoms with Gasteiger partial charge in [0.1, 0.15) is 12.6 Å². The molecule has 114 valence electrons. The number of hydrogen-bond donors (Lipinski definition) is 1. The molecule has 0 radical (unpaired) electrons. The highest BCUT2D eigenvalue weighted by Gasteiger charge is 2.23. The van der Waals surface area contributed by atoms with Crippen LogP contribution in [0.5, 0.6) is 0 Å². The molecule has 1 heterocycles. The zero-order chi connectivity index (χ0) is 15.1. The first-order valence-corrected chi connectivity index (χ1v) is 7.00. The molecule has 2 rings (SSSR count). The van der Waals surface area contributed by atoms with E-state index in [4.69, 9.17) is 9.47 Å². The Kier molecular flexibility index (Phi) is 5.57. The van der Waals surface area contributed by atoms with E-state index in [0.717, 1.165) is 5.56 Å². The largest absolute Gasteiger partial charge is 0.445 e. The Labute approximate surface area is 124 Å². The van der Waals surface area contributed by atoms with Gasteiger partial charge in [-0.2, -0.15) is 0 Å². The summed E-state index contributed by atoms with van der Waals surface area (Å²) in [5.74, 6) is -0.116. The normalized spacial score (nSPS) is 16.1. The summed E-state index contributed by atoms with van der Waals surface area (Å²) in [5, 5.41) is 2.55. The van der Waals surface area contributed by atoms with E-state index in [1.807, 2.05) is 30.3 Å². The third-order valence-corrected chi connectivity index (χ3v) is 3.24. The Morgan fingerprint density at radius 1 is 1.29 bits per heavy atom. The Morgan fingerprint density at radius 2 is 1.95 bits per heavy atom. The molecule has 0 aromatic heterocycles. The molecule has 1 atom stereocenters. The highest BCUT2D eigenvalue weighted by Crippen LogP contribution is 2.03. The van der Waals surface area contributed by atoms with Crippen LogP contribution < -0.4 is 5.32 Å². The molecule has 21 heavy (non-hydrogen) atoms. The minimum atomic E-state index is -0.605. The first kappa shape index (κ1) is 15.3. The molecule has 1 aliphatic heterocycles. The number of hydrogen-bond acceptors (Lipinski definition) is 4. The third kappa shape index (κ3) is 4.75. The van der Waals surface area contributed by atoms with Gasteiger partial charge in [-0.05, 0) is 12.5 Å². The number of alkyl carbamates (subject to hydrolysis) is 1. The van der Waals surface area contributed by atoms with Crippen LogP contribution >= 0.6 is 0 Å². The molecule has 1 aliphatic rings. The summed E-state index contributed by atoms with van der Waals surface area (Å²) in [5.41, 5.74) is 0.903. The molecule has 0 saturated carbocycles. The fraction of sp³-hybridized carbons (Fsp3) is 0.467. The van der Waals surface area contributed by atoms with Crippen LogP contribution in [0.2, 0.25) is 0 Å². The number of nitrogens with zero attached hydrogens (tertiary/aromatic N) is 1. The van der Waals surface area contributed by atoms with Crippen molar-refractivity contribution in [1.29, 1.82) is 0 Å². The molecule has 2 amide bonds. The zero-order valence-corrected chi connectivity index (χ0v) is 12.1. The average Bonchev–Trinajstić information content (AvgIpc) is 2.54. The lowest BCUT2D eigenvalue weighted by molar-refractivity contribution is -0.137. The number of morpholine rings is 1. The second kappa shape index (κ2) is 7.64. The van der Waals surface area contributed by atoms with Crippen molar-refractivity contribution in [3.8, 4) is 0 Å². The number of carbonyl (C=O) groups is 2. The number of amides is 2. The van der Waals surface area contributed by atoms with E-state index in [1.165, 1.54) is 0 Å². The first-order valence-electron chi connectivity index (χ1n) is 7.00. The third-order valence-electron chi connectivity index (χ3n) is 3.24. The van der Waals surface area contributed by atoms with E-state index < -0.39 is 12.1 Å². The summed E-state index contributed by atoms with van der Waals surface area (Å²) in [6, 6.07) is 8.78. The van der Waals surface area contributed by atoms with Crippen molar-refractivity contribution in [3.05, 3.63) is 35.9 Å². The smallest absolute Gasteiger partial charge is 0.408 e. The number of rotatable bonds is 4. The predicted octanol–water partition coefficient (Wildman–Crippen LogP) is 1.16. The van der Waals surface area contributed by atoms with Gasteiger partial charge in [-0.25, -0.2) is 4.79 Å². The zero-order valence-electron chi connectivity index (χ0n) is 12.1. The number of ether oxygens (including phenoxy) is 2. The van der Waals surface area contributed by atoms with E-state index in [9.17, 15) is 9.59 Å². The Balaban J connectivity index is 1.74. The quantitative estimate of drug-likeness (QED) is 0.904. The van der Waals surface area contributed by atoms with Gasteiger partial charge in [0.15, 0.2) is 0 Å². The molecule has 1 aromatic carbocycles. The molecule has 1 aromatic rings. The van der Waals surface area contributed by atoms with E-state index >= 15 is 0 Å². The Bertz CT molecular complexity index is 472. The molecule has 6 heteroatoms. The minimum absolute atomic E-state index is 0.116. The topological polar surface area (TPSA) is 67.9 Å². The van der Waals surface area contributed by atoms with E-state index in [0.29, 0.717) is 26.3 Å². The van der Waals surface area contributed by atoms with Crippen molar-refractivity contribution in [2.24, 2.45) is 0 Å². The second-order valence-corrected chi connectivity index (χ2v) is 4.87. The van der Waals surface area contributed by atoms with Crippen molar-refractivity contribution >= 4 is 12.0 Å². The summed E-state index contributed by atoms with van der Waals surface area (Å²) in [6.45, 7) is 4.04. The van der Waals surface area contributed by atoms with Crippen LogP contribution in [0.25, 0.3) is 0 Å². The fourth-order valence-electron chi connectivity index (χ4n) is 2.06. The Morgan fingerprint density at radius 3 is 2.62 bits per heavy atom. The van der Waals surface area contributed by atoms with Gasteiger partial charge >= 0.3 is 6.09 Å². The number of carbonyl (C=O) groups excluding carboxylic acids is 2. The van der Waals surface area contributed by atoms with Crippen molar-refractivity contribution < 1.29 is 19.1 Å². The summed E-state index contributed by atoms with van der Waals surface area (Å²) in [4.78, 5) is 25.5. The average molecular weight is 292 g/mol. The predicted molar refractivity (Wildman–Crippen MR) is 76.6 cm³/mol. The summed E-state index contributed by atoms with van der Waals surface area (Å²) >= 11 is 0. The van der Waals surface area contributed by atoms with E-state index in [-0.39, 0.29) is 12.5 Å². The molecular weight excluding hydrogens is 272 g/mol. The number of nitrogens with one attached hydrogen (secondary N) is 1. The van der Waals surface area contributed by atoms with Gasteiger partial charge in [-0.1, -0.05) is 30.3 Å². The summed E-state index contributed by atoms with van der Waals surface area (Å²) in [6.07, 6.45) is -0.590. The first-order chi connectivity index (χ1) is 10.2. The van der Waals surface area contributed by atoms with Crippen LogP contribution in [-0.4, -0.2) is 49.2 Å². The molecule has 0 aliphatic carbocycles. The van der Waals surface area contributed by atoms with Crippen molar-refractivity contribution in [1.82, 2.24) is 10.2 Å². The SMILES string of the molecule is C[C@@H](NC(=O)OCc1ccccc1)C(=O)N1CCOCC1. The molecule has 6 nitrogen and oxygen atoms in total. The maximum absolute atomic E-state index is 12.1. The van der Waals surface area contributed by atoms with Gasteiger partial charge in [0, 0.05) is 13.1 Å². The lowest BCUT2D eigenvalue weighted by atomic mass is 10.2. The Hall–Kier alpha value is -2.08. The van der Waals surface area contributed by atoms with Crippen molar-refractivity contribution in [2.75, 3.05) is 26.3 Å². The summed E-state index contributed by atoms with van der Waals surface area (Å²) in [7, 11) is 0. The van der Waals surface area contributed by atoms with Gasteiger partial charge in [0.2, 0.25) is 5.91 Å². The van der Waals surface area contributed by atoms with E-state index in [1.54, 1.807) is 11.8 Å². The van der Waals surface area contributed by atoms with Gasteiger partial charge < -0.3 is 19.7 Å². The molecular formula is C15H20N2O4. The van der Waals surface area contributed by atoms with Crippen LogP contribution in [0.3, 0.4) is 0 Å². The van der Waals surface area contributed by atoms with Crippen LogP contribution in [0.4, 0.5) is 4.79 Å². The van der Waals surface area contributed by atoms with E-state index in [2.05, 4.69) is 5.32 Å². The van der Waals surface area contributed by atoms with Crippen LogP contribution in [0.15, 0.2) is 30.3 Å². The maximum atomic E-state index is 12.1. The molecule has 1 saturated heterocycles. The molecule has 1 fully saturated rings. The van der Waals surface area contributed by atoms with Crippen LogP contribution in [0.1, 0.15) is 12.5 Å². The van der Waals surface area contributed by atoms with Crippen molar-refractivity contribution in [2.45, 2.75) is 19.6 Å². The maximum Gasteiger partial charge on any atom is 0.408 e. The highest BCUT2D eigenvalue weighted by molar-refractivity contribution is 5.85. The van der Waals surface area contributed by atoms with Gasteiger partial charge in [0.25, 0.3) is 0 Å². The van der Waals surface area contributed by atoms with Gasteiger partial charge in [0.05, 0.1) is 13.2 Å². The molecule has 1 N–H and O–H groups in total. The monoisotopic (exact) mass is 292 g/mol. The summed E-state index contributed by atoms with van der Waals surface area (Å²) < 4.78 is 10.3. The van der Waals surface area contributed by atoms with Gasteiger partial charge in [-0.15, -0.1) is 0 Å². The lowest BCUT2D eigenvalue weighted by Gasteiger charge is -2.29.